The van der Waals surface area contributed by atoms with Gasteiger partial charge in [0.15, 0.2) is 6.29 Å². The minimum atomic E-state index is -0.616. The van der Waals surface area contributed by atoms with E-state index in [1.165, 1.54) is 6.92 Å². The van der Waals surface area contributed by atoms with Crippen LogP contribution in [0.2, 0.25) is 0 Å². The molecular weight excluding hydrogens is 480 g/mol. The standard InChI is InChI=1S/C31H38N2O5/c1-21(30(36)26-7-5-4-6-8-26)33(3)19-28-17-29(25-13-11-24(20-34)12-14-25)38-31(37-28)27-15-9-23(10-16-27)18-32-22(2)35/h4-16,21,28-31,34,36H,17-20H2,1-3H3,(H,32,35)/t21-,28+,29-,30-,31-/m0/s1. The molecule has 0 unspecified atom stereocenters. The van der Waals surface area contributed by atoms with Gasteiger partial charge in [-0.15, -0.1) is 0 Å². The Morgan fingerprint density at radius 1 is 0.974 bits per heavy atom. The first-order valence-electron chi connectivity index (χ1n) is 13.1. The van der Waals surface area contributed by atoms with E-state index in [1.807, 2.05) is 92.8 Å². The fraction of sp³-hybridized carbons (Fsp3) is 0.387. The number of rotatable bonds is 10. The molecule has 0 spiro atoms. The topological polar surface area (TPSA) is 91.3 Å². The van der Waals surface area contributed by atoms with Gasteiger partial charge in [0.2, 0.25) is 5.91 Å². The summed E-state index contributed by atoms with van der Waals surface area (Å²) in [5.74, 6) is -0.0679. The maximum Gasteiger partial charge on any atom is 0.217 e. The van der Waals surface area contributed by atoms with Crippen molar-refractivity contribution in [1.82, 2.24) is 10.2 Å². The zero-order valence-electron chi connectivity index (χ0n) is 22.3. The van der Waals surface area contributed by atoms with Crippen LogP contribution in [0.15, 0.2) is 78.9 Å². The molecule has 0 radical (unpaired) electrons. The third-order valence-electron chi connectivity index (χ3n) is 7.19. The molecule has 202 valence electrons. The van der Waals surface area contributed by atoms with Crippen LogP contribution in [0.3, 0.4) is 0 Å². The molecule has 0 aromatic heterocycles. The van der Waals surface area contributed by atoms with Gasteiger partial charge in [0.05, 0.1) is 24.9 Å². The number of nitrogens with one attached hydrogen (secondary N) is 1. The van der Waals surface area contributed by atoms with Crippen molar-refractivity contribution < 1.29 is 24.5 Å². The van der Waals surface area contributed by atoms with Crippen molar-refractivity contribution in [2.24, 2.45) is 0 Å². The highest BCUT2D eigenvalue weighted by Gasteiger charge is 2.34. The van der Waals surface area contributed by atoms with E-state index in [0.717, 1.165) is 27.8 Å². The van der Waals surface area contributed by atoms with Crippen molar-refractivity contribution >= 4 is 5.91 Å². The fourth-order valence-corrected chi connectivity index (χ4v) is 4.71. The maximum absolute atomic E-state index is 11.3. The minimum absolute atomic E-state index is 0.00256. The molecule has 1 heterocycles. The van der Waals surface area contributed by atoms with Gasteiger partial charge in [-0.05, 0) is 36.2 Å². The van der Waals surface area contributed by atoms with Gasteiger partial charge < -0.3 is 25.0 Å². The summed E-state index contributed by atoms with van der Waals surface area (Å²) in [6.07, 6.45) is -0.837. The molecule has 7 nitrogen and oxygen atoms in total. The Balaban J connectivity index is 1.50. The van der Waals surface area contributed by atoms with E-state index in [-0.39, 0.29) is 30.8 Å². The SMILES string of the molecule is CC(=O)NCc1ccc([C@H]2O[C@@H](CN(C)[C@@H](C)[C@H](O)c3ccccc3)C[C@@H](c3ccc(CO)cc3)O2)cc1. The summed E-state index contributed by atoms with van der Waals surface area (Å²) in [6.45, 7) is 4.61. The van der Waals surface area contributed by atoms with Gasteiger partial charge >= 0.3 is 0 Å². The van der Waals surface area contributed by atoms with Crippen LogP contribution in [0.25, 0.3) is 0 Å². The molecular formula is C31H38N2O5. The summed E-state index contributed by atoms with van der Waals surface area (Å²) < 4.78 is 12.9. The van der Waals surface area contributed by atoms with E-state index in [1.54, 1.807) is 0 Å². The molecule has 0 bridgehead atoms. The van der Waals surface area contributed by atoms with Crippen LogP contribution in [0.1, 0.15) is 66.6 Å². The number of aliphatic hydroxyl groups excluding tert-OH is 2. The lowest BCUT2D eigenvalue weighted by atomic mass is 9.98. The number of benzene rings is 3. The minimum Gasteiger partial charge on any atom is -0.392 e. The lowest BCUT2D eigenvalue weighted by molar-refractivity contribution is -0.253. The number of ether oxygens (including phenoxy) is 2. The van der Waals surface area contributed by atoms with Gasteiger partial charge in [-0.2, -0.15) is 0 Å². The number of amides is 1. The van der Waals surface area contributed by atoms with Crippen LogP contribution in [0, 0.1) is 0 Å². The first-order chi connectivity index (χ1) is 18.3. The van der Waals surface area contributed by atoms with E-state index in [0.29, 0.717) is 19.5 Å². The smallest absolute Gasteiger partial charge is 0.217 e. The maximum atomic E-state index is 11.3. The van der Waals surface area contributed by atoms with E-state index >= 15 is 0 Å². The predicted octanol–water partition coefficient (Wildman–Crippen LogP) is 4.41. The lowest BCUT2D eigenvalue weighted by Gasteiger charge is -2.39. The number of carbonyl (C=O) groups is 1. The summed E-state index contributed by atoms with van der Waals surface area (Å²) in [5.41, 5.74) is 4.67. The monoisotopic (exact) mass is 518 g/mol. The molecule has 0 aliphatic carbocycles. The fourth-order valence-electron chi connectivity index (χ4n) is 4.71. The zero-order valence-corrected chi connectivity index (χ0v) is 22.3. The van der Waals surface area contributed by atoms with Crippen molar-refractivity contribution in [3.05, 3.63) is 107 Å². The van der Waals surface area contributed by atoms with Gasteiger partial charge in [0, 0.05) is 38.0 Å². The van der Waals surface area contributed by atoms with Gasteiger partial charge in [-0.3, -0.25) is 9.69 Å². The van der Waals surface area contributed by atoms with Gasteiger partial charge in [-0.1, -0.05) is 78.9 Å². The second kappa shape index (κ2) is 13.1. The van der Waals surface area contributed by atoms with Crippen LogP contribution in [-0.2, 0) is 27.4 Å². The molecule has 7 heteroatoms. The molecule has 1 aliphatic heterocycles. The second-order valence-corrected chi connectivity index (χ2v) is 10.0. The molecule has 0 saturated carbocycles. The average molecular weight is 519 g/mol. The van der Waals surface area contributed by atoms with Crippen molar-refractivity contribution in [1.29, 1.82) is 0 Å². The number of hydrogen-bond acceptors (Lipinski definition) is 6. The Morgan fingerprint density at radius 2 is 1.61 bits per heavy atom. The number of hydrogen-bond donors (Lipinski definition) is 3. The van der Waals surface area contributed by atoms with Crippen molar-refractivity contribution in [3.63, 3.8) is 0 Å². The van der Waals surface area contributed by atoms with Crippen molar-refractivity contribution in [3.8, 4) is 0 Å². The summed E-state index contributed by atoms with van der Waals surface area (Å²) in [6, 6.07) is 25.3. The van der Waals surface area contributed by atoms with Gasteiger partial charge in [0.1, 0.15) is 0 Å². The molecule has 5 atom stereocenters. The van der Waals surface area contributed by atoms with Gasteiger partial charge in [-0.25, -0.2) is 0 Å². The van der Waals surface area contributed by atoms with Crippen LogP contribution >= 0.6 is 0 Å². The highest BCUT2D eigenvalue weighted by atomic mass is 16.7. The number of aliphatic hydroxyl groups is 2. The Hall–Kier alpha value is -3.07. The molecule has 1 saturated heterocycles. The predicted molar refractivity (Wildman–Crippen MR) is 146 cm³/mol. The third-order valence-corrected chi connectivity index (χ3v) is 7.19. The Labute approximate surface area is 225 Å². The number of nitrogens with zero attached hydrogens (tertiary/aromatic N) is 1. The molecule has 1 fully saturated rings. The van der Waals surface area contributed by atoms with E-state index < -0.39 is 12.4 Å². The lowest BCUT2D eigenvalue weighted by Crippen LogP contribution is -2.43. The van der Waals surface area contributed by atoms with Gasteiger partial charge in [0.25, 0.3) is 0 Å². The molecule has 1 aliphatic rings. The molecule has 3 aromatic carbocycles. The first kappa shape index (κ1) is 28.0. The van der Waals surface area contributed by atoms with Crippen LogP contribution < -0.4 is 5.32 Å². The Kier molecular flexibility index (Phi) is 9.66. The molecule has 38 heavy (non-hydrogen) atoms. The van der Waals surface area contributed by atoms with E-state index in [9.17, 15) is 15.0 Å². The normalized spacial score (nSPS) is 21.2. The summed E-state index contributed by atoms with van der Waals surface area (Å²) in [4.78, 5) is 13.4. The zero-order chi connectivity index (χ0) is 27.1. The molecule has 3 N–H and O–H groups in total. The van der Waals surface area contributed by atoms with Crippen molar-refractivity contribution in [2.45, 2.75) is 64.1 Å². The molecule has 1 amide bonds. The van der Waals surface area contributed by atoms with E-state index in [2.05, 4.69) is 10.2 Å². The molecule has 4 rings (SSSR count). The molecule has 3 aromatic rings. The third kappa shape index (κ3) is 7.28. The van der Waals surface area contributed by atoms with Crippen molar-refractivity contribution in [2.75, 3.05) is 13.6 Å². The number of carbonyl (C=O) groups excluding carboxylic acids is 1. The van der Waals surface area contributed by atoms with Crippen LogP contribution in [0.4, 0.5) is 0 Å². The Morgan fingerprint density at radius 3 is 2.24 bits per heavy atom. The summed E-state index contributed by atoms with van der Waals surface area (Å²) in [7, 11) is 2.01. The highest BCUT2D eigenvalue weighted by molar-refractivity contribution is 5.72. The second-order valence-electron chi connectivity index (χ2n) is 10.0. The average Bonchev–Trinajstić information content (AvgIpc) is 2.95. The van der Waals surface area contributed by atoms with Crippen LogP contribution in [0.5, 0.6) is 0 Å². The summed E-state index contributed by atoms with van der Waals surface area (Å²) >= 11 is 0. The largest absolute Gasteiger partial charge is 0.392 e. The van der Waals surface area contributed by atoms with E-state index in [4.69, 9.17) is 9.47 Å². The highest BCUT2D eigenvalue weighted by Crippen LogP contribution is 2.38. The summed E-state index contributed by atoms with van der Waals surface area (Å²) in [5, 5.41) is 23.2. The van der Waals surface area contributed by atoms with Crippen LogP contribution in [-0.4, -0.2) is 46.8 Å². The quantitative estimate of drug-likeness (QED) is 0.368. The Bertz CT molecular complexity index is 1150. The first-order valence-corrected chi connectivity index (χ1v) is 13.1. The number of likely N-dealkylation sites (N-methyl/N-ethyl adjacent to an activating group) is 1.